The lowest BCUT2D eigenvalue weighted by atomic mass is 9.79. The summed E-state index contributed by atoms with van der Waals surface area (Å²) in [7, 11) is 1.82. The number of hydrogen-bond donors (Lipinski definition) is 3. The lowest BCUT2D eigenvalue weighted by Gasteiger charge is -2.40. The third-order valence-corrected chi connectivity index (χ3v) is 6.35. The second kappa shape index (κ2) is 8.46. The fourth-order valence-corrected chi connectivity index (χ4v) is 4.66. The summed E-state index contributed by atoms with van der Waals surface area (Å²) in [6.07, 6.45) is 4.35. The van der Waals surface area contributed by atoms with Crippen molar-refractivity contribution in [2.75, 3.05) is 46.3 Å². The topological polar surface area (TPSA) is 89.1 Å². The smallest absolute Gasteiger partial charge is 0.322 e. The zero-order valence-electron chi connectivity index (χ0n) is 16.9. The van der Waals surface area contributed by atoms with E-state index in [0.717, 1.165) is 50.9 Å². The Hall–Kier alpha value is -1.83. The zero-order valence-corrected chi connectivity index (χ0v) is 16.9. The summed E-state index contributed by atoms with van der Waals surface area (Å²) in [5.74, 6) is 1.67. The zero-order chi connectivity index (χ0) is 19.4. The Bertz CT molecular complexity index is 587. The quantitative estimate of drug-likeness (QED) is 0.379. The van der Waals surface area contributed by atoms with E-state index in [9.17, 15) is 9.59 Å². The van der Waals surface area contributed by atoms with Gasteiger partial charge in [0.1, 0.15) is 5.54 Å². The average Bonchev–Trinajstić information content (AvgIpc) is 2.92. The van der Waals surface area contributed by atoms with Crippen LogP contribution in [0.4, 0.5) is 4.79 Å². The van der Waals surface area contributed by atoms with E-state index in [4.69, 9.17) is 0 Å². The van der Waals surface area contributed by atoms with E-state index in [2.05, 4.69) is 37.7 Å². The van der Waals surface area contributed by atoms with Gasteiger partial charge in [-0.15, -0.1) is 0 Å². The lowest BCUT2D eigenvalue weighted by Crippen LogP contribution is -2.55. The van der Waals surface area contributed by atoms with Crippen molar-refractivity contribution in [3.8, 4) is 0 Å². The van der Waals surface area contributed by atoms with Crippen molar-refractivity contribution in [2.24, 2.45) is 16.8 Å². The SMILES string of the molecule is CN=C(NCCN1CCCC(C)C1)N1CCC(C2(C)NC(=O)NC2=O)CC1. The van der Waals surface area contributed by atoms with E-state index >= 15 is 0 Å². The molecule has 3 saturated heterocycles. The molecule has 3 heterocycles. The number of carbonyl (C=O) groups excluding carboxylic acids is 2. The normalized spacial score (nSPS) is 31.0. The maximum atomic E-state index is 12.1. The first-order chi connectivity index (χ1) is 12.9. The summed E-state index contributed by atoms with van der Waals surface area (Å²) in [5.41, 5.74) is -0.787. The highest BCUT2D eigenvalue weighted by Gasteiger charge is 2.48. The van der Waals surface area contributed by atoms with Crippen LogP contribution >= 0.6 is 0 Å². The number of piperidine rings is 2. The number of guanidine groups is 1. The molecule has 3 rings (SSSR count). The molecular weight excluding hydrogens is 344 g/mol. The predicted molar refractivity (Wildman–Crippen MR) is 106 cm³/mol. The number of nitrogens with zero attached hydrogens (tertiary/aromatic N) is 3. The van der Waals surface area contributed by atoms with Gasteiger partial charge in [0.2, 0.25) is 0 Å². The van der Waals surface area contributed by atoms with Crippen molar-refractivity contribution in [3.05, 3.63) is 0 Å². The van der Waals surface area contributed by atoms with E-state index < -0.39 is 5.54 Å². The Morgan fingerprint density at radius 2 is 2.00 bits per heavy atom. The average molecular weight is 379 g/mol. The summed E-state index contributed by atoms with van der Waals surface area (Å²) in [4.78, 5) is 32.9. The molecule has 0 bridgehead atoms. The monoisotopic (exact) mass is 378 g/mol. The van der Waals surface area contributed by atoms with Crippen molar-refractivity contribution in [3.63, 3.8) is 0 Å². The van der Waals surface area contributed by atoms with Gasteiger partial charge in [0.05, 0.1) is 0 Å². The number of carbonyl (C=O) groups is 2. The van der Waals surface area contributed by atoms with Gasteiger partial charge < -0.3 is 20.4 Å². The Labute approximate surface area is 162 Å². The van der Waals surface area contributed by atoms with Crippen LogP contribution in [0.15, 0.2) is 4.99 Å². The van der Waals surface area contributed by atoms with Crippen LogP contribution in [-0.4, -0.2) is 79.6 Å². The van der Waals surface area contributed by atoms with E-state index in [1.807, 2.05) is 14.0 Å². The van der Waals surface area contributed by atoms with E-state index in [-0.39, 0.29) is 17.9 Å². The third-order valence-electron chi connectivity index (χ3n) is 6.35. The number of imide groups is 1. The molecule has 0 aromatic carbocycles. The van der Waals surface area contributed by atoms with Crippen LogP contribution in [0.2, 0.25) is 0 Å². The molecule has 0 saturated carbocycles. The molecule has 2 unspecified atom stereocenters. The highest BCUT2D eigenvalue weighted by atomic mass is 16.2. The molecule has 0 aromatic heterocycles. The summed E-state index contributed by atoms with van der Waals surface area (Å²) < 4.78 is 0. The van der Waals surface area contributed by atoms with Crippen LogP contribution in [0.3, 0.4) is 0 Å². The van der Waals surface area contributed by atoms with Crippen LogP contribution < -0.4 is 16.0 Å². The highest BCUT2D eigenvalue weighted by molar-refractivity contribution is 6.07. The predicted octanol–water partition coefficient (Wildman–Crippen LogP) is 0.604. The molecule has 3 fully saturated rings. The first-order valence-corrected chi connectivity index (χ1v) is 10.2. The lowest BCUT2D eigenvalue weighted by molar-refractivity contribution is -0.125. The molecule has 8 heteroatoms. The molecule has 0 spiro atoms. The van der Waals surface area contributed by atoms with Gasteiger partial charge in [0, 0.05) is 39.8 Å². The summed E-state index contributed by atoms with van der Waals surface area (Å²) in [5, 5.41) is 8.68. The molecule has 27 heavy (non-hydrogen) atoms. The van der Waals surface area contributed by atoms with Gasteiger partial charge in [0.25, 0.3) is 5.91 Å². The Balaban J connectivity index is 1.45. The third kappa shape index (κ3) is 4.54. The van der Waals surface area contributed by atoms with Crippen LogP contribution in [0, 0.1) is 11.8 Å². The number of rotatable bonds is 4. The Morgan fingerprint density at radius 1 is 1.26 bits per heavy atom. The minimum atomic E-state index is -0.787. The Kier molecular flexibility index (Phi) is 6.24. The number of urea groups is 1. The van der Waals surface area contributed by atoms with Crippen LogP contribution in [0.25, 0.3) is 0 Å². The van der Waals surface area contributed by atoms with Gasteiger partial charge in [-0.05, 0) is 51.0 Å². The van der Waals surface area contributed by atoms with Gasteiger partial charge in [-0.2, -0.15) is 0 Å². The molecule has 0 aliphatic carbocycles. The highest BCUT2D eigenvalue weighted by Crippen LogP contribution is 2.30. The van der Waals surface area contributed by atoms with Crippen LogP contribution in [0.5, 0.6) is 0 Å². The van der Waals surface area contributed by atoms with E-state index in [1.165, 1.54) is 25.9 Å². The Morgan fingerprint density at radius 3 is 2.59 bits per heavy atom. The molecule has 3 aliphatic rings. The largest absolute Gasteiger partial charge is 0.355 e. The number of hydrogen-bond acceptors (Lipinski definition) is 4. The van der Waals surface area contributed by atoms with Crippen LogP contribution in [0.1, 0.15) is 39.5 Å². The molecule has 0 radical (unpaired) electrons. The van der Waals surface area contributed by atoms with Crippen molar-refractivity contribution < 1.29 is 9.59 Å². The molecule has 0 aromatic rings. The minimum Gasteiger partial charge on any atom is -0.355 e. The van der Waals surface area contributed by atoms with Gasteiger partial charge >= 0.3 is 6.03 Å². The molecule has 152 valence electrons. The molecular formula is C19H34N6O2. The summed E-state index contributed by atoms with van der Waals surface area (Å²) in [6, 6.07) is -0.380. The fourth-order valence-electron chi connectivity index (χ4n) is 4.66. The number of likely N-dealkylation sites (tertiary alicyclic amines) is 2. The number of nitrogens with one attached hydrogen (secondary N) is 3. The second-order valence-electron chi connectivity index (χ2n) is 8.39. The number of aliphatic imine (C=N–C) groups is 1. The summed E-state index contributed by atoms with van der Waals surface area (Å²) >= 11 is 0. The molecule has 3 aliphatic heterocycles. The van der Waals surface area contributed by atoms with E-state index in [0.29, 0.717) is 0 Å². The van der Waals surface area contributed by atoms with Gasteiger partial charge in [0.15, 0.2) is 5.96 Å². The first kappa shape index (κ1) is 19.9. The maximum absolute atomic E-state index is 12.1. The van der Waals surface area contributed by atoms with Crippen LogP contribution in [-0.2, 0) is 4.79 Å². The fraction of sp³-hybridized carbons (Fsp3) is 0.842. The summed E-state index contributed by atoms with van der Waals surface area (Å²) in [6.45, 7) is 10.2. The van der Waals surface area contributed by atoms with Gasteiger partial charge in [-0.3, -0.25) is 15.1 Å². The maximum Gasteiger partial charge on any atom is 0.322 e. The standard InChI is InChI=1S/C19H34N6O2/c1-14-5-4-9-24(13-14)12-8-21-17(20-3)25-10-6-15(7-11-25)19(2)16(26)22-18(27)23-19/h14-15H,4-13H2,1-3H3,(H,20,21)(H2,22,23,26,27). The van der Waals surface area contributed by atoms with Crippen molar-refractivity contribution in [2.45, 2.75) is 45.1 Å². The van der Waals surface area contributed by atoms with Crippen molar-refractivity contribution in [1.82, 2.24) is 25.8 Å². The minimum absolute atomic E-state index is 0.146. The van der Waals surface area contributed by atoms with E-state index in [1.54, 1.807) is 0 Å². The molecule has 3 N–H and O–H groups in total. The van der Waals surface area contributed by atoms with Gasteiger partial charge in [-0.25, -0.2) is 4.79 Å². The molecule has 8 nitrogen and oxygen atoms in total. The van der Waals surface area contributed by atoms with Gasteiger partial charge in [-0.1, -0.05) is 6.92 Å². The first-order valence-electron chi connectivity index (χ1n) is 10.2. The molecule has 2 atom stereocenters. The van der Waals surface area contributed by atoms with Crippen molar-refractivity contribution >= 4 is 17.9 Å². The number of amides is 3. The molecule has 3 amide bonds. The second-order valence-corrected chi connectivity index (χ2v) is 8.39. The van der Waals surface area contributed by atoms with Crippen molar-refractivity contribution in [1.29, 1.82) is 0 Å².